The van der Waals surface area contributed by atoms with Crippen molar-refractivity contribution in [1.29, 1.82) is 0 Å². The second-order valence-corrected chi connectivity index (χ2v) is 4.79. The third-order valence-electron chi connectivity index (χ3n) is 2.36. The van der Waals surface area contributed by atoms with Crippen molar-refractivity contribution in [2.45, 2.75) is 32.9 Å². The summed E-state index contributed by atoms with van der Waals surface area (Å²) >= 11 is 6.06. The molecule has 0 aliphatic heterocycles. The largest absolute Gasteiger partial charge is 0.375 e. The van der Waals surface area contributed by atoms with E-state index in [2.05, 4.69) is 19.2 Å². The minimum absolute atomic E-state index is 0.129. The number of nitrogens with one attached hydrogen (secondary N) is 1. The highest BCUT2D eigenvalue weighted by Gasteiger charge is 2.16. The summed E-state index contributed by atoms with van der Waals surface area (Å²) in [4.78, 5) is 0. The molecule has 1 rings (SSSR count). The van der Waals surface area contributed by atoms with Crippen molar-refractivity contribution in [3.8, 4) is 0 Å². The molecule has 1 aromatic carbocycles. The van der Waals surface area contributed by atoms with Crippen molar-refractivity contribution >= 4 is 11.6 Å². The van der Waals surface area contributed by atoms with Gasteiger partial charge in [0, 0.05) is 24.7 Å². The highest BCUT2D eigenvalue weighted by molar-refractivity contribution is 6.31. The van der Waals surface area contributed by atoms with E-state index in [1.54, 1.807) is 0 Å². The molecule has 0 spiro atoms. The van der Waals surface area contributed by atoms with E-state index in [1.165, 1.54) is 0 Å². The molecular formula is C13H20ClNO. The number of hydrogen-bond donors (Lipinski definition) is 1. The van der Waals surface area contributed by atoms with Crippen molar-refractivity contribution in [3.63, 3.8) is 0 Å². The molecule has 1 N–H and O–H groups in total. The van der Waals surface area contributed by atoms with Crippen molar-refractivity contribution < 1.29 is 4.74 Å². The van der Waals surface area contributed by atoms with Gasteiger partial charge in [0.05, 0.1) is 5.60 Å². The molecule has 0 bridgehead atoms. The Morgan fingerprint density at radius 1 is 1.31 bits per heavy atom. The lowest BCUT2D eigenvalue weighted by Crippen LogP contribution is -2.37. The zero-order valence-corrected chi connectivity index (χ0v) is 11.0. The summed E-state index contributed by atoms with van der Waals surface area (Å²) in [5.74, 6) is 0. The topological polar surface area (TPSA) is 21.3 Å². The van der Waals surface area contributed by atoms with E-state index in [4.69, 9.17) is 16.3 Å². The van der Waals surface area contributed by atoms with Gasteiger partial charge < -0.3 is 10.1 Å². The summed E-state index contributed by atoms with van der Waals surface area (Å²) in [5.41, 5.74) is 0.993. The Bertz CT molecular complexity index is 325. The molecule has 0 radical (unpaired) electrons. The molecular weight excluding hydrogens is 222 g/mol. The zero-order valence-electron chi connectivity index (χ0n) is 10.2. The van der Waals surface area contributed by atoms with Gasteiger partial charge in [-0.2, -0.15) is 0 Å². The van der Waals surface area contributed by atoms with Crippen LogP contribution in [0.3, 0.4) is 0 Å². The van der Waals surface area contributed by atoms with Gasteiger partial charge in [0.1, 0.15) is 0 Å². The SMILES string of the molecule is CCOC(C)(C)CNCc1ccccc1Cl. The lowest BCUT2D eigenvalue weighted by Gasteiger charge is -2.25. The van der Waals surface area contributed by atoms with Crippen LogP contribution in [0.15, 0.2) is 24.3 Å². The molecule has 3 heteroatoms. The number of benzene rings is 1. The fourth-order valence-corrected chi connectivity index (χ4v) is 1.78. The third-order valence-corrected chi connectivity index (χ3v) is 2.73. The van der Waals surface area contributed by atoms with E-state index in [9.17, 15) is 0 Å². The molecule has 0 saturated heterocycles. The Morgan fingerprint density at radius 2 is 2.00 bits per heavy atom. The van der Waals surface area contributed by atoms with Crippen LogP contribution in [0.25, 0.3) is 0 Å². The minimum Gasteiger partial charge on any atom is -0.375 e. The summed E-state index contributed by atoms with van der Waals surface area (Å²) < 4.78 is 5.60. The van der Waals surface area contributed by atoms with E-state index in [1.807, 2.05) is 31.2 Å². The Morgan fingerprint density at radius 3 is 2.62 bits per heavy atom. The molecule has 0 aliphatic rings. The van der Waals surface area contributed by atoms with Crippen molar-refractivity contribution in [2.75, 3.05) is 13.2 Å². The molecule has 0 unspecified atom stereocenters. The third kappa shape index (κ3) is 4.52. The maximum Gasteiger partial charge on any atom is 0.0750 e. The molecule has 0 amide bonds. The van der Waals surface area contributed by atoms with Crippen LogP contribution in [0.1, 0.15) is 26.3 Å². The van der Waals surface area contributed by atoms with Crippen LogP contribution >= 0.6 is 11.6 Å². The first-order valence-electron chi connectivity index (χ1n) is 5.63. The van der Waals surface area contributed by atoms with Crippen LogP contribution in [0, 0.1) is 0 Å². The van der Waals surface area contributed by atoms with Crippen LogP contribution in [0.5, 0.6) is 0 Å². The average Bonchev–Trinajstić information content (AvgIpc) is 2.20. The van der Waals surface area contributed by atoms with Gasteiger partial charge in [-0.3, -0.25) is 0 Å². The average molecular weight is 242 g/mol. The van der Waals surface area contributed by atoms with Crippen molar-refractivity contribution in [2.24, 2.45) is 0 Å². The van der Waals surface area contributed by atoms with Crippen LogP contribution in [0.4, 0.5) is 0 Å². The summed E-state index contributed by atoms with van der Waals surface area (Å²) in [6.07, 6.45) is 0. The number of ether oxygens (including phenoxy) is 1. The first kappa shape index (κ1) is 13.5. The van der Waals surface area contributed by atoms with E-state index < -0.39 is 0 Å². The molecule has 0 fully saturated rings. The molecule has 0 saturated carbocycles. The van der Waals surface area contributed by atoms with Gasteiger partial charge in [0.25, 0.3) is 0 Å². The molecule has 1 aromatic rings. The fourth-order valence-electron chi connectivity index (χ4n) is 1.58. The normalized spacial score (nSPS) is 11.8. The molecule has 16 heavy (non-hydrogen) atoms. The van der Waals surface area contributed by atoms with Gasteiger partial charge in [0.15, 0.2) is 0 Å². The van der Waals surface area contributed by atoms with Gasteiger partial charge in [-0.15, -0.1) is 0 Å². The number of halogens is 1. The Balaban J connectivity index is 2.39. The summed E-state index contributed by atoms with van der Waals surface area (Å²) in [6.45, 7) is 8.49. The van der Waals surface area contributed by atoms with Gasteiger partial charge >= 0.3 is 0 Å². The van der Waals surface area contributed by atoms with Gasteiger partial charge in [-0.05, 0) is 32.4 Å². The molecule has 0 aliphatic carbocycles. The lowest BCUT2D eigenvalue weighted by molar-refractivity contribution is -0.00897. The fraction of sp³-hybridized carbons (Fsp3) is 0.538. The van der Waals surface area contributed by atoms with E-state index in [-0.39, 0.29) is 5.60 Å². The predicted molar refractivity (Wildman–Crippen MR) is 68.9 cm³/mol. The van der Waals surface area contributed by atoms with Crippen molar-refractivity contribution in [3.05, 3.63) is 34.9 Å². The maximum absolute atomic E-state index is 6.06. The highest BCUT2D eigenvalue weighted by Crippen LogP contribution is 2.15. The first-order valence-corrected chi connectivity index (χ1v) is 6.01. The van der Waals surface area contributed by atoms with Gasteiger partial charge in [0.2, 0.25) is 0 Å². The van der Waals surface area contributed by atoms with Crippen molar-refractivity contribution in [1.82, 2.24) is 5.32 Å². The highest BCUT2D eigenvalue weighted by atomic mass is 35.5. The second kappa shape index (κ2) is 6.24. The van der Waals surface area contributed by atoms with Crippen LogP contribution in [-0.2, 0) is 11.3 Å². The van der Waals surface area contributed by atoms with E-state index in [0.717, 1.165) is 30.3 Å². The molecule has 0 aromatic heterocycles. The summed E-state index contributed by atoms with van der Waals surface area (Å²) in [5, 5.41) is 4.17. The zero-order chi connectivity index (χ0) is 12.0. The van der Waals surface area contributed by atoms with Gasteiger partial charge in [-0.25, -0.2) is 0 Å². The molecule has 0 heterocycles. The number of hydrogen-bond acceptors (Lipinski definition) is 2. The maximum atomic E-state index is 6.06. The van der Waals surface area contributed by atoms with Gasteiger partial charge in [-0.1, -0.05) is 29.8 Å². The summed E-state index contributed by atoms with van der Waals surface area (Å²) in [6, 6.07) is 7.88. The van der Waals surface area contributed by atoms with Crippen LogP contribution < -0.4 is 5.32 Å². The summed E-state index contributed by atoms with van der Waals surface area (Å²) in [7, 11) is 0. The Hall–Kier alpha value is -0.570. The predicted octanol–water partition coefficient (Wildman–Crippen LogP) is 3.24. The monoisotopic (exact) mass is 241 g/mol. The standard InChI is InChI=1S/C13H20ClNO/c1-4-16-13(2,3)10-15-9-11-7-5-6-8-12(11)14/h5-8,15H,4,9-10H2,1-3H3. The molecule has 2 nitrogen and oxygen atoms in total. The van der Waals surface area contributed by atoms with Crippen LogP contribution in [0.2, 0.25) is 5.02 Å². The van der Waals surface area contributed by atoms with Crippen LogP contribution in [-0.4, -0.2) is 18.8 Å². The minimum atomic E-state index is -0.129. The first-order chi connectivity index (χ1) is 7.55. The molecule has 0 atom stereocenters. The lowest BCUT2D eigenvalue weighted by atomic mass is 10.1. The van der Waals surface area contributed by atoms with E-state index >= 15 is 0 Å². The molecule has 90 valence electrons. The smallest absolute Gasteiger partial charge is 0.0750 e. The Labute approximate surface area is 103 Å². The Kier molecular flexibility index (Phi) is 5.26. The van der Waals surface area contributed by atoms with E-state index in [0.29, 0.717) is 0 Å². The number of rotatable bonds is 6. The quantitative estimate of drug-likeness (QED) is 0.826. The second-order valence-electron chi connectivity index (χ2n) is 4.39.